The Bertz CT molecular complexity index is 318. The molecule has 0 heterocycles. The fourth-order valence-corrected chi connectivity index (χ4v) is 1.81. The van der Waals surface area contributed by atoms with Crippen molar-refractivity contribution in [3.8, 4) is 5.75 Å². The van der Waals surface area contributed by atoms with Gasteiger partial charge in [-0.05, 0) is 35.6 Å². The van der Waals surface area contributed by atoms with Crippen molar-refractivity contribution in [3.63, 3.8) is 0 Å². The van der Waals surface area contributed by atoms with Gasteiger partial charge in [-0.15, -0.1) is 0 Å². The molecule has 0 unspecified atom stereocenters. The summed E-state index contributed by atoms with van der Waals surface area (Å²) in [6.45, 7) is 6.19. The van der Waals surface area contributed by atoms with Crippen molar-refractivity contribution in [2.45, 2.75) is 39.5 Å². The summed E-state index contributed by atoms with van der Waals surface area (Å²) >= 11 is 6.11. The number of benzene rings is 1. The maximum atomic E-state index is 9.75. The Kier molecular flexibility index (Phi) is 3.82. The molecule has 0 aliphatic carbocycles. The highest BCUT2D eigenvalue weighted by atomic mass is 35.5. The molecule has 1 aromatic carbocycles. The number of phenolic OH excluding ortho intramolecular Hbond substituents is 1. The minimum absolute atomic E-state index is 0.308. The van der Waals surface area contributed by atoms with Crippen LogP contribution in [0.5, 0.6) is 5.75 Å². The third-order valence-corrected chi connectivity index (χ3v) is 2.69. The van der Waals surface area contributed by atoms with Gasteiger partial charge < -0.3 is 5.11 Å². The second-order valence-electron chi connectivity index (χ2n) is 3.91. The summed E-state index contributed by atoms with van der Waals surface area (Å²) in [4.78, 5) is 0. The van der Waals surface area contributed by atoms with E-state index in [0.717, 1.165) is 29.0 Å². The Labute approximate surface area is 90.7 Å². The largest absolute Gasteiger partial charge is 0.508 e. The molecule has 0 bridgehead atoms. The first-order chi connectivity index (χ1) is 6.56. The highest BCUT2D eigenvalue weighted by Crippen LogP contribution is 2.31. The van der Waals surface area contributed by atoms with Gasteiger partial charge in [-0.25, -0.2) is 0 Å². The van der Waals surface area contributed by atoms with Gasteiger partial charge in [-0.1, -0.05) is 38.8 Å². The van der Waals surface area contributed by atoms with E-state index in [1.54, 1.807) is 6.07 Å². The van der Waals surface area contributed by atoms with Crippen LogP contribution in [0.2, 0.25) is 5.02 Å². The predicted molar refractivity (Wildman–Crippen MR) is 61.2 cm³/mol. The van der Waals surface area contributed by atoms with Crippen molar-refractivity contribution in [1.29, 1.82) is 0 Å². The van der Waals surface area contributed by atoms with Crippen LogP contribution in [-0.4, -0.2) is 5.11 Å². The molecule has 14 heavy (non-hydrogen) atoms. The molecule has 2 heteroatoms. The first-order valence-electron chi connectivity index (χ1n) is 5.07. The monoisotopic (exact) mass is 212 g/mol. The minimum atomic E-state index is 0.308. The minimum Gasteiger partial charge on any atom is -0.508 e. The molecule has 1 N–H and O–H groups in total. The summed E-state index contributed by atoms with van der Waals surface area (Å²) in [5.41, 5.74) is 1.96. The topological polar surface area (TPSA) is 20.2 Å². The van der Waals surface area contributed by atoms with E-state index in [0.29, 0.717) is 11.7 Å². The van der Waals surface area contributed by atoms with Crippen LogP contribution in [0.25, 0.3) is 0 Å². The van der Waals surface area contributed by atoms with E-state index in [1.807, 2.05) is 19.9 Å². The molecule has 0 aliphatic rings. The Hall–Kier alpha value is -0.690. The molecule has 0 saturated carbocycles. The molecular weight excluding hydrogens is 196 g/mol. The number of halogens is 1. The molecule has 78 valence electrons. The van der Waals surface area contributed by atoms with Crippen LogP contribution in [0.4, 0.5) is 0 Å². The quantitative estimate of drug-likeness (QED) is 0.799. The summed E-state index contributed by atoms with van der Waals surface area (Å²) < 4.78 is 0. The van der Waals surface area contributed by atoms with E-state index in [-0.39, 0.29) is 0 Å². The summed E-state index contributed by atoms with van der Waals surface area (Å²) in [7, 11) is 0. The van der Waals surface area contributed by atoms with Crippen molar-refractivity contribution in [2.24, 2.45) is 0 Å². The van der Waals surface area contributed by atoms with Crippen LogP contribution in [0, 0.1) is 0 Å². The second-order valence-corrected chi connectivity index (χ2v) is 4.31. The maximum absolute atomic E-state index is 9.75. The normalized spacial score (nSPS) is 10.9. The molecule has 0 aliphatic heterocycles. The van der Waals surface area contributed by atoms with E-state index >= 15 is 0 Å². The van der Waals surface area contributed by atoms with Gasteiger partial charge in [0.2, 0.25) is 0 Å². The molecule has 1 nitrogen and oxygen atoms in total. The fourth-order valence-electron chi connectivity index (χ4n) is 1.54. The smallest absolute Gasteiger partial charge is 0.119 e. The molecule has 1 rings (SSSR count). The Morgan fingerprint density at radius 2 is 2.00 bits per heavy atom. The van der Waals surface area contributed by atoms with E-state index in [9.17, 15) is 5.11 Å². The zero-order chi connectivity index (χ0) is 10.7. The van der Waals surface area contributed by atoms with E-state index in [4.69, 9.17) is 11.6 Å². The van der Waals surface area contributed by atoms with Crippen molar-refractivity contribution in [2.75, 3.05) is 0 Å². The van der Waals surface area contributed by atoms with Gasteiger partial charge in [0.05, 0.1) is 0 Å². The van der Waals surface area contributed by atoms with Crippen molar-refractivity contribution >= 4 is 11.6 Å². The van der Waals surface area contributed by atoms with Crippen LogP contribution in [0.15, 0.2) is 12.1 Å². The first-order valence-corrected chi connectivity index (χ1v) is 5.45. The zero-order valence-corrected chi connectivity index (χ0v) is 9.73. The SMILES string of the molecule is CCCc1cc(O)c(C(C)C)cc1Cl. The van der Waals surface area contributed by atoms with Crippen LogP contribution < -0.4 is 0 Å². The molecule has 0 amide bonds. The Balaban J connectivity index is 3.10. The molecule has 0 saturated heterocycles. The molecule has 0 spiro atoms. The second kappa shape index (κ2) is 4.70. The lowest BCUT2D eigenvalue weighted by atomic mass is 9.99. The lowest BCUT2D eigenvalue weighted by molar-refractivity contribution is 0.464. The third-order valence-electron chi connectivity index (χ3n) is 2.34. The number of aryl methyl sites for hydroxylation is 1. The van der Waals surface area contributed by atoms with Gasteiger partial charge >= 0.3 is 0 Å². The van der Waals surface area contributed by atoms with Crippen LogP contribution in [0.3, 0.4) is 0 Å². The summed E-state index contributed by atoms with van der Waals surface area (Å²) in [6.07, 6.45) is 1.96. The number of hydrogen-bond donors (Lipinski definition) is 1. The summed E-state index contributed by atoms with van der Waals surface area (Å²) in [6, 6.07) is 3.67. The lowest BCUT2D eigenvalue weighted by Crippen LogP contribution is -1.92. The Morgan fingerprint density at radius 3 is 2.50 bits per heavy atom. The molecule has 0 fully saturated rings. The number of phenols is 1. The first kappa shape index (κ1) is 11.4. The maximum Gasteiger partial charge on any atom is 0.119 e. The van der Waals surface area contributed by atoms with E-state index < -0.39 is 0 Å². The van der Waals surface area contributed by atoms with Crippen molar-refractivity contribution in [1.82, 2.24) is 0 Å². The van der Waals surface area contributed by atoms with Crippen molar-refractivity contribution < 1.29 is 5.11 Å². The predicted octanol–water partition coefficient (Wildman–Crippen LogP) is 4.12. The summed E-state index contributed by atoms with van der Waals surface area (Å²) in [5, 5.41) is 10.5. The van der Waals surface area contributed by atoms with Crippen molar-refractivity contribution in [3.05, 3.63) is 28.3 Å². The number of rotatable bonds is 3. The van der Waals surface area contributed by atoms with Gasteiger partial charge in [0.1, 0.15) is 5.75 Å². The fraction of sp³-hybridized carbons (Fsp3) is 0.500. The van der Waals surface area contributed by atoms with Crippen LogP contribution in [-0.2, 0) is 6.42 Å². The molecule has 0 atom stereocenters. The third kappa shape index (κ3) is 2.42. The van der Waals surface area contributed by atoms with Crippen LogP contribution >= 0.6 is 11.6 Å². The highest BCUT2D eigenvalue weighted by Gasteiger charge is 2.09. The molecule has 0 radical (unpaired) electrons. The standard InChI is InChI=1S/C12H17ClO/c1-4-5-9-6-12(14)10(8(2)3)7-11(9)13/h6-8,14H,4-5H2,1-3H3. The van der Waals surface area contributed by atoms with Gasteiger partial charge in [0.15, 0.2) is 0 Å². The Morgan fingerprint density at radius 1 is 1.36 bits per heavy atom. The highest BCUT2D eigenvalue weighted by molar-refractivity contribution is 6.31. The zero-order valence-electron chi connectivity index (χ0n) is 8.97. The van der Waals surface area contributed by atoms with Gasteiger partial charge in [0.25, 0.3) is 0 Å². The van der Waals surface area contributed by atoms with E-state index in [2.05, 4.69) is 6.92 Å². The average Bonchev–Trinajstić information content (AvgIpc) is 2.10. The van der Waals surface area contributed by atoms with Gasteiger partial charge in [0, 0.05) is 5.02 Å². The summed E-state index contributed by atoms with van der Waals surface area (Å²) in [5.74, 6) is 0.677. The number of aromatic hydroxyl groups is 1. The lowest BCUT2D eigenvalue weighted by Gasteiger charge is -2.11. The van der Waals surface area contributed by atoms with Gasteiger partial charge in [-0.3, -0.25) is 0 Å². The molecular formula is C12H17ClO. The molecule has 1 aromatic rings. The van der Waals surface area contributed by atoms with Gasteiger partial charge in [-0.2, -0.15) is 0 Å². The van der Waals surface area contributed by atoms with E-state index in [1.165, 1.54) is 0 Å². The molecule has 0 aromatic heterocycles. The van der Waals surface area contributed by atoms with Crippen LogP contribution in [0.1, 0.15) is 44.2 Å². The number of hydrogen-bond acceptors (Lipinski definition) is 1. The average molecular weight is 213 g/mol.